The van der Waals surface area contributed by atoms with Crippen LogP contribution in [0.15, 0.2) is 46.9 Å². The Labute approximate surface area is 159 Å². The molecule has 0 heterocycles. The maximum atomic E-state index is 11.7. The van der Waals surface area contributed by atoms with Gasteiger partial charge in [0.2, 0.25) is 0 Å². The van der Waals surface area contributed by atoms with Crippen molar-refractivity contribution in [2.75, 3.05) is 13.2 Å². The molecule has 7 heteroatoms. The molecule has 0 atom stereocenters. The highest BCUT2D eigenvalue weighted by molar-refractivity contribution is 9.10. The van der Waals surface area contributed by atoms with E-state index in [1.165, 1.54) is 0 Å². The zero-order valence-electron chi connectivity index (χ0n) is 12.8. The lowest BCUT2D eigenvalue weighted by atomic mass is 10.2. The lowest BCUT2D eigenvalue weighted by molar-refractivity contribution is 0.238. The largest absolute Gasteiger partial charge is 0.492 e. The van der Waals surface area contributed by atoms with Gasteiger partial charge in [0.25, 0.3) is 0 Å². The third kappa shape index (κ3) is 6.59. The molecule has 0 unspecified atom stereocenters. The molecular weight excluding hydrogens is 415 g/mol. The molecule has 0 spiro atoms. The number of amides is 2. The number of hydrogen-bond donors (Lipinski definition) is 2. The lowest BCUT2D eigenvalue weighted by Crippen LogP contribution is -2.36. The fourth-order valence-electron chi connectivity index (χ4n) is 1.94. The Morgan fingerprint density at radius 2 is 1.96 bits per heavy atom. The standard InChI is InChI=1S/C17H17BrCl2N2O2/c18-13-5-6-16(15(20)10-13)24-8-2-7-21-17(23)22-11-12-3-1-4-14(19)9-12/h1,3-6,9-10H,2,7-8,11H2,(H2,21,22,23). The minimum absolute atomic E-state index is 0.225. The molecule has 2 amide bonds. The first-order valence-electron chi connectivity index (χ1n) is 7.38. The summed E-state index contributed by atoms with van der Waals surface area (Å²) in [6.45, 7) is 1.41. The summed E-state index contributed by atoms with van der Waals surface area (Å²) in [5.41, 5.74) is 0.950. The summed E-state index contributed by atoms with van der Waals surface area (Å²) < 4.78 is 6.48. The maximum absolute atomic E-state index is 11.7. The zero-order chi connectivity index (χ0) is 17.4. The van der Waals surface area contributed by atoms with Gasteiger partial charge in [-0.3, -0.25) is 0 Å². The summed E-state index contributed by atoms with van der Waals surface area (Å²) in [5.74, 6) is 0.630. The fourth-order valence-corrected chi connectivity index (χ4v) is 2.88. The van der Waals surface area contributed by atoms with Gasteiger partial charge in [-0.25, -0.2) is 4.79 Å². The Balaban J connectivity index is 1.61. The third-order valence-electron chi connectivity index (χ3n) is 3.10. The molecule has 0 aliphatic carbocycles. The van der Waals surface area contributed by atoms with Gasteiger partial charge in [-0.15, -0.1) is 0 Å². The summed E-state index contributed by atoms with van der Waals surface area (Å²) in [5, 5.41) is 6.75. The van der Waals surface area contributed by atoms with Gasteiger partial charge in [-0.1, -0.05) is 51.3 Å². The molecule has 0 radical (unpaired) electrons. The predicted octanol–water partition coefficient (Wildman–Crippen LogP) is 5.02. The van der Waals surface area contributed by atoms with E-state index in [0.717, 1.165) is 10.0 Å². The maximum Gasteiger partial charge on any atom is 0.315 e. The molecule has 0 aliphatic heterocycles. The summed E-state index contributed by atoms with van der Waals surface area (Å²) in [7, 11) is 0. The van der Waals surface area contributed by atoms with Crippen LogP contribution in [-0.4, -0.2) is 19.2 Å². The molecule has 0 bridgehead atoms. The van der Waals surface area contributed by atoms with Crippen molar-refractivity contribution in [2.45, 2.75) is 13.0 Å². The number of ether oxygens (including phenoxy) is 1. The Bertz CT molecular complexity index is 698. The van der Waals surface area contributed by atoms with Crippen LogP contribution in [0, 0.1) is 0 Å². The van der Waals surface area contributed by atoms with Crippen molar-refractivity contribution in [2.24, 2.45) is 0 Å². The first-order chi connectivity index (χ1) is 11.5. The van der Waals surface area contributed by atoms with Crippen molar-refractivity contribution in [3.05, 3.63) is 62.5 Å². The van der Waals surface area contributed by atoms with E-state index in [-0.39, 0.29) is 6.03 Å². The summed E-state index contributed by atoms with van der Waals surface area (Å²) in [6.07, 6.45) is 0.678. The van der Waals surface area contributed by atoms with Crippen LogP contribution >= 0.6 is 39.1 Å². The van der Waals surface area contributed by atoms with Gasteiger partial charge in [-0.2, -0.15) is 0 Å². The zero-order valence-corrected chi connectivity index (χ0v) is 15.9. The molecule has 0 saturated carbocycles. The van der Waals surface area contributed by atoms with E-state index in [9.17, 15) is 4.79 Å². The number of nitrogens with one attached hydrogen (secondary N) is 2. The van der Waals surface area contributed by atoms with Crippen LogP contribution in [0.3, 0.4) is 0 Å². The summed E-state index contributed by atoms with van der Waals surface area (Å²) >= 11 is 15.3. The molecule has 0 fully saturated rings. The molecule has 2 aromatic rings. The Morgan fingerprint density at radius 3 is 2.71 bits per heavy atom. The molecule has 0 aliphatic rings. The number of carbonyl (C=O) groups excluding carboxylic acids is 1. The smallest absolute Gasteiger partial charge is 0.315 e. The monoisotopic (exact) mass is 430 g/mol. The summed E-state index contributed by atoms with van der Waals surface area (Å²) in [4.78, 5) is 11.7. The molecule has 2 aromatic carbocycles. The van der Waals surface area contributed by atoms with E-state index in [4.69, 9.17) is 27.9 Å². The van der Waals surface area contributed by atoms with Crippen LogP contribution in [0.25, 0.3) is 0 Å². The van der Waals surface area contributed by atoms with Gasteiger partial charge < -0.3 is 15.4 Å². The molecule has 24 heavy (non-hydrogen) atoms. The highest BCUT2D eigenvalue weighted by Crippen LogP contribution is 2.27. The van der Waals surface area contributed by atoms with Crippen LogP contribution in [0.4, 0.5) is 4.79 Å². The summed E-state index contributed by atoms with van der Waals surface area (Å²) in [6, 6.07) is 12.6. The lowest BCUT2D eigenvalue weighted by Gasteiger charge is -2.10. The van der Waals surface area contributed by atoms with Crippen LogP contribution in [0.2, 0.25) is 10.0 Å². The number of carbonyl (C=O) groups is 1. The normalized spacial score (nSPS) is 10.3. The van der Waals surface area contributed by atoms with E-state index < -0.39 is 0 Å². The molecular formula is C17H17BrCl2N2O2. The van der Waals surface area contributed by atoms with Crippen molar-refractivity contribution in [1.29, 1.82) is 0 Å². The number of hydrogen-bond acceptors (Lipinski definition) is 2. The van der Waals surface area contributed by atoms with Crippen LogP contribution in [-0.2, 0) is 6.54 Å². The topological polar surface area (TPSA) is 50.4 Å². The van der Waals surface area contributed by atoms with Gasteiger partial charge in [0.15, 0.2) is 0 Å². The van der Waals surface area contributed by atoms with Crippen molar-refractivity contribution in [3.63, 3.8) is 0 Å². The first kappa shape index (κ1) is 18.9. The van der Waals surface area contributed by atoms with Crippen molar-refractivity contribution >= 4 is 45.2 Å². The Hall–Kier alpha value is -1.43. The van der Waals surface area contributed by atoms with E-state index in [1.807, 2.05) is 24.3 Å². The van der Waals surface area contributed by atoms with Crippen molar-refractivity contribution in [3.8, 4) is 5.75 Å². The number of rotatable bonds is 7. The molecule has 2 rings (SSSR count). The van der Waals surface area contributed by atoms with E-state index in [0.29, 0.717) is 41.9 Å². The van der Waals surface area contributed by atoms with Crippen molar-refractivity contribution < 1.29 is 9.53 Å². The number of halogens is 3. The average Bonchev–Trinajstić information content (AvgIpc) is 2.54. The van der Waals surface area contributed by atoms with Crippen molar-refractivity contribution in [1.82, 2.24) is 10.6 Å². The SMILES string of the molecule is O=C(NCCCOc1ccc(Br)cc1Cl)NCc1cccc(Cl)c1. The Morgan fingerprint density at radius 1 is 1.12 bits per heavy atom. The highest BCUT2D eigenvalue weighted by Gasteiger charge is 2.03. The second-order valence-electron chi connectivity index (χ2n) is 5.02. The fraction of sp³-hybridized carbons (Fsp3) is 0.235. The molecule has 0 saturated heterocycles. The van der Waals surface area contributed by atoms with Gasteiger partial charge in [0.1, 0.15) is 5.75 Å². The number of benzene rings is 2. The quantitative estimate of drug-likeness (QED) is 0.604. The average molecular weight is 432 g/mol. The minimum atomic E-state index is -0.225. The second-order valence-corrected chi connectivity index (χ2v) is 6.78. The van der Waals surface area contributed by atoms with E-state index in [1.54, 1.807) is 18.2 Å². The van der Waals surface area contributed by atoms with E-state index in [2.05, 4.69) is 26.6 Å². The highest BCUT2D eigenvalue weighted by atomic mass is 79.9. The predicted molar refractivity (Wildman–Crippen MR) is 101 cm³/mol. The van der Waals surface area contributed by atoms with E-state index >= 15 is 0 Å². The number of urea groups is 1. The molecule has 0 aromatic heterocycles. The third-order valence-corrected chi connectivity index (χ3v) is 4.12. The first-order valence-corrected chi connectivity index (χ1v) is 8.93. The van der Waals surface area contributed by atoms with Gasteiger partial charge >= 0.3 is 6.03 Å². The molecule has 2 N–H and O–H groups in total. The molecule has 128 valence electrons. The van der Waals surface area contributed by atoms with Crippen LogP contribution < -0.4 is 15.4 Å². The minimum Gasteiger partial charge on any atom is -0.492 e. The van der Waals surface area contributed by atoms with Gasteiger partial charge in [0, 0.05) is 22.6 Å². The van der Waals surface area contributed by atoms with Gasteiger partial charge in [0.05, 0.1) is 11.6 Å². The van der Waals surface area contributed by atoms with Gasteiger partial charge in [-0.05, 0) is 42.3 Å². The molecule has 4 nitrogen and oxygen atoms in total. The van der Waals surface area contributed by atoms with Crippen LogP contribution in [0.1, 0.15) is 12.0 Å². The Kier molecular flexibility index (Phi) is 7.69. The second kappa shape index (κ2) is 9.77. The van der Waals surface area contributed by atoms with Crippen LogP contribution in [0.5, 0.6) is 5.75 Å².